The molecule has 32 heavy (non-hydrogen) atoms. The zero-order valence-corrected chi connectivity index (χ0v) is 21.0. The molecule has 3 aromatic rings. The summed E-state index contributed by atoms with van der Waals surface area (Å²) in [5.74, 6) is -0.559. The predicted octanol–water partition coefficient (Wildman–Crippen LogP) is 3.50. The number of sulfone groups is 1. The maximum Gasteiger partial charge on any atom is 0.244 e. The Morgan fingerprint density at radius 2 is 1.72 bits per heavy atom. The minimum absolute atomic E-state index is 0.129. The molecule has 0 aliphatic carbocycles. The van der Waals surface area contributed by atoms with E-state index in [2.05, 4.69) is 26.2 Å². The van der Waals surface area contributed by atoms with Crippen LogP contribution in [0.5, 0.6) is 0 Å². The number of sulfonamides is 1. The number of para-hydroxylation sites is 1. The van der Waals surface area contributed by atoms with E-state index in [0.717, 1.165) is 20.9 Å². The van der Waals surface area contributed by atoms with Gasteiger partial charge in [0, 0.05) is 29.7 Å². The number of piperidine rings is 1. The van der Waals surface area contributed by atoms with E-state index in [0.29, 0.717) is 18.0 Å². The molecule has 2 aromatic carbocycles. The lowest BCUT2D eigenvalue weighted by molar-refractivity contribution is -0.120. The van der Waals surface area contributed by atoms with Crippen LogP contribution in [0.3, 0.4) is 0 Å². The Balaban J connectivity index is 1.46. The third kappa shape index (κ3) is 4.60. The monoisotopic (exact) mass is 557 g/mol. The minimum atomic E-state index is -4.00. The summed E-state index contributed by atoms with van der Waals surface area (Å²) in [5, 5.41) is 3.34. The number of nitrogens with one attached hydrogen (secondary N) is 1. The molecule has 4 rings (SSSR count). The third-order valence-electron chi connectivity index (χ3n) is 5.29. The molecule has 1 amide bonds. The molecule has 0 radical (unpaired) electrons. The van der Waals surface area contributed by atoms with Crippen molar-refractivity contribution < 1.29 is 21.6 Å². The number of nitrogens with zero attached hydrogens (tertiary/aromatic N) is 2. The fourth-order valence-corrected chi connectivity index (χ4v) is 8.20. The van der Waals surface area contributed by atoms with Crippen LogP contribution < -0.4 is 5.32 Å². The maximum absolute atomic E-state index is 13.1. The van der Waals surface area contributed by atoms with Gasteiger partial charge in [0.1, 0.15) is 4.90 Å². The summed E-state index contributed by atoms with van der Waals surface area (Å²) in [4.78, 5) is 16.7. The van der Waals surface area contributed by atoms with Crippen molar-refractivity contribution in [2.24, 2.45) is 5.92 Å². The molecule has 0 unspecified atom stereocenters. The first-order valence-electron chi connectivity index (χ1n) is 9.72. The summed E-state index contributed by atoms with van der Waals surface area (Å²) < 4.78 is 53.3. The molecule has 0 saturated carbocycles. The molecule has 8 nitrogen and oxygen atoms in total. The number of anilines is 1. The van der Waals surface area contributed by atoms with Gasteiger partial charge in [-0.15, -0.1) is 0 Å². The second kappa shape index (κ2) is 8.82. The van der Waals surface area contributed by atoms with E-state index in [9.17, 15) is 21.6 Å². The first-order valence-corrected chi connectivity index (χ1v) is 14.7. The first-order chi connectivity index (χ1) is 15.1. The Labute approximate surface area is 198 Å². The standard InChI is InChI=1S/C20H20BrN3O5S3/c1-31(26,27)16-7-2-3-8-17(16)32(28,29)24-11-9-13(10-12-24)19(25)23-20-22-18-14(21)5-4-6-15(18)30-20/h2-8,13H,9-12H2,1H3,(H,22,23,25). The number of fused-ring (bicyclic) bond motifs is 1. The number of hydrogen-bond acceptors (Lipinski definition) is 7. The number of carbonyl (C=O) groups is 1. The molecule has 0 bridgehead atoms. The molecule has 1 aliphatic heterocycles. The van der Waals surface area contributed by atoms with Gasteiger partial charge in [-0.1, -0.05) is 29.5 Å². The summed E-state index contributed by atoms with van der Waals surface area (Å²) >= 11 is 4.82. The summed E-state index contributed by atoms with van der Waals surface area (Å²) in [7, 11) is -7.71. The lowest BCUT2D eigenvalue weighted by Crippen LogP contribution is -2.41. The van der Waals surface area contributed by atoms with E-state index >= 15 is 0 Å². The molecule has 1 fully saturated rings. The van der Waals surface area contributed by atoms with E-state index in [1.807, 2.05) is 18.2 Å². The van der Waals surface area contributed by atoms with Gasteiger partial charge in [0.2, 0.25) is 15.9 Å². The number of aromatic nitrogens is 1. The molecular formula is C20H20BrN3O5S3. The zero-order chi connectivity index (χ0) is 23.1. The van der Waals surface area contributed by atoms with Crippen LogP contribution in [0.15, 0.2) is 56.7 Å². The van der Waals surface area contributed by atoms with Gasteiger partial charge in [0.15, 0.2) is 15.0 Å². The van der Waals surface area contributed by atoms with Crippen LogP contribution >= 0.6 is 27.3 Å². The first kappa shape index (κ1) is 23.3. The van der Waals surface area contributed by atoms with Crippen molar-refractivity contribution in [1.82, 2.24) is 9.29 Å². The highest BCUT2D eigenvalue weighted by atomic mass is 79.9. The Hall–Kier alpha value is -1.86. The fourth-order valence-electron chi connectivity index (χ4n) is 3.64. The summed E-state index contributed by atoms with van der Waals surface area (Å²) in [6.45, 7) is 0.258. The average Bonchev–Trinajstić information content (AvgIpc) is 3.17. The van der Waals surface area contributed by atoms with Crippen molar-refractivity contribution >= 4 is 68.4 Å². The van der Waals surface area contributed by atoms with Crippen molar-refractivity contribution in [3.05, 3.63) is 46.9 Å². The largest absolute Gasteiger partial charge is 0.302 e. The molecule has 12 heteroatoms. The van der Waals surface area contributed by atoms with E-state index in [1.54, 1.807) is 0 Å². The van der Waals surface area contributed by atoms with Gasteiger partial charge in [0.05, 0.1) is 15.1 Å². The van der Waals surface area contributed by atoms with Crippen LogP contribution in [-0.2, 0) is 24.7 Å². The molecule has 1 saturated heterocycles. The van der Waals surface area contributed by atoms with Crippen LogP contribution in [0.25, 0.3) is 10.2 Å². The highest BCUT2D eigenvalue weighted by Gasteiger charge is 2.34. The average molecular weight is 559 g/mol. The van der Waals surface area contributed by atoms with Gasteiger partial charge >= 0.3 is 0 Å². The normalized spacial score (nSPS) is 16.3. The van der Waals surface area contributed by atoms with E-state index in [-0.39, 0.29) is 34.7 Å². The van der Waals surface area contributed by atoms with Crippen LogP contribution in [0, 0.1) is 5.92 Å². The Morgan fingerprint density at radius 3 is 2.34 bits per heavy atom. The van der Waals surface area contributed by atoms with Gasteiger partial charge in [-0.3, -0.25) is 4.79 Å². The zero-order valence-electron chi connectivity index (χ0n) is 17.0. The van der Waals surface area contributed by atoms with Crippen LogP contribution in [0.4, 0.5) is 5.13 Å². The molecular weight excluding hydrogens is 538 g/mol. The quantitative estimate of drug-likeness (QED) is 0.513. The summed E-state index contributed by atoms with van der Waals surface area (Å²) in [5.41, 5.74) is 0.776. The lowest BCUT2D eigenvalue weighted by atomic mass is 9.97. The van der Waals surface area contributed by atoms with E-state index in [1.165, 1.54) is 39.9 Å². The number of halogens is 1. The smallest absolute Gasteiger partial charge is 0.244 e. The number of carbonyl (C=O) groups excluding carboxylic acids is 1. The number of hydrogen-bond donors (Lipinski definition) is 1. The summed E-state index contributed by atoms with van der Waals surface area (Å²) in [6.07, 6.45) is 1.65. The van der Waals surface area contributed by atoms with Gasteiger partial charge in [-0.25, -0.2) is 21.8 Å². The van der Waals surface area contributed by atoms with Crippen LogP contribution in [0.2, 0.25) is 0 Å². The molecule has 170 valence electrons. The minimum Gasteiger partial charge on any atom is -0.302 e. The molecule has 1 aromatic heterocycles. The third-order valence-corrected chi connectivity index (χ3v) is 10.1. The van der Waals surface area contributed by atoms with Gasteiger partial charge in [0.25, 0.3) is 0 Å². The van der Waals surface area contributed by atoms with Crippen molar-refractivity contribution in [3.8, 4) is 0 Å². The van der Waals surface area contributed by atoms with Crippen LogP contribution in [-0.4, -0.2) is 51.4 Å². The highest BCUT2D eigenvalue weighted by molar-refractivity contribution is 9.10. The number of thiazole rings is 1. The van der Waals surface area contributed by atoms with Gasteiger partial charge in [-0.05, 0) is 53.0 Å². The van der Waals surface area contributed by atoms with Crippen molar-refractivity contribution in [3.63, 3.8) is 0 Å². The van der Waals surface area contributed by atoms with E-state index in [4.69, 9.17) is 0 Å². The summed E-state index contributed by atoms with van der Waals surface area (Å²) in [6, 6.07) is 11.3. The molecule has 0 spiro atoms. The van der Waals surface area contributed by atoms with Gasteiger partial charge in [-0.2, -0.15) is 4.31 Å². The number of rotatable bonds is 5. The molecule has 1 N–H and O–H groups in total. The number of benzene rings is 2. The molecule has 1 aliphatic rings. The molecule has 0 atom stereocenters. The fraction of sp³-hybridized carbons (Fsp3) is 0.300. The van der Waals surface area contributed by atoms with Gasteiger partial charge < -0.3 is 5.32 Å². The topological polar surface area (TPSA) is 114 Å². The van der Waals surface area contributed by atoms with Crippen molar-refractivity contribution in [2.45, 2.75) is 22.6 Å². The van der Waals surface area contributed by atoms with Crippen molar-refractivity contribution in [1.29, 1.82) is 0 Å². The van der Waals surface area contributed by atoms with Crippen molar-refractivity contribution in [2.75, 3.05) is 24.7 Å². The number of amides is 1. The highest BCUT2D eigenvalue weighted by Crippen LogP contribution is 2.32. The Morgan fingerprint density at radius 1 is 1.06 bits per heavy atom. The SMILES string of the molecule is CS(=O)(=O)c1ccccc1S(=O)(=O)N1CCC(C(=O)Nc2nc3c(Br)cccc3s2)CC1. The Kier molecular flexibility index (Phi) is 6.43. The van der Waals surface area contributed by atoms with E-state index < -0.39 is 19.9 Å². The lowest BCUT2D eigenvalue weighted by Gasteiger charge is -2.30. The Bertz CT molecular complexity index is 1390. The maximum atomic E-state index is 13.1. The second-order valence-corrected chi connectivity index (χ2v) is 13.3. The van der Waals surface area contributed by atoms with Crippen LogP contribution in [0.1, 0.15) is 12.8 Å². The molecule has 2 heterocycles. The predicted molar refractivity (Wildman–Crippen MR) is 127 cm³/mol. The second-order valence-electron chi connectivity index (χ2n) is 7.49.